The Kier molecular flexibility index (Phi) is 5.21. The number of ether oxygens (including phenoxy) is 1. The van der Waals surface area contributed by atoms with Crippen molar-refractivity contribution in [2.24, 2.45) is 0 Å². The van der Waals surface area contributed by atoms with Crippen LogP contribution in [-0.4, -0.2) is 23.6 Å². The highest BCUT2D eigenvalue weighted by Crippen LogP contribution is 2.22. The Hall–Kier alpha value is -1.97. The van der Waals surface area contributed by atoms with E-state index in [-0.39, 0.29) is 5.91 Å². The van der Waals surface area contributed by atoms with Gasteiger partial charge in [0.05, 0.1) is 7.11 Å². The second kappa shape index (κ2) is 7.53. The van der Waals surface area contributed by atoms with Gasteiger partial charge in [-0.3, -0.25) is 4.79 Å². The van der Waals surface area contributed by atoms with Crippen LogP contribution in [0.15, 0.2) is 30.5 Å². The molecule has 1 fully saturated rings. The Morgan fingerprint density at radius 2 is 1.91 bits per heavy atom. The fourth-order valence-corrected chi connectivity index (χ4v) is 3.47. The Morgan fingerprint density at radius 3 is 2.65 bits per heavy atom. The van der Waals surface area contributed by atoms with Gasteiger partial charge in [-0.05, 0) is 37.1 Å². The smallest absolute Gasteiger partial charge is 0.240 e. The average Bonchev–Trinajstić information content (AvgIpc) is 2.92. The van der Waals surface area contributed by atoms with Crippen LogP contribution in [0.1, 0.15) is 44.9 Å². The Morgan fingerprint density at radius 1 is 1.17 bits per heavy atom. The topological polar surface area (TPSA) is 43.3 Å². The van der Waals surface area contributed by atoms with E-state index in [0.29, 0.717) is 12.6 Å². The summed E-state index contributed by atoms with van der Waals surface area (Å²) in [5, 5.41) is 4.33. The summed E-state index contributed by atoms with van der Waals surface area (Å²) in [6, 6.07) is 8.33. The molecule has 124 valence electrons. The third-order valence-electron chi connectivity index (χ3n) is 4.76. The van der Waals surface area contributed by atoms with E-state index in [4.69, 9.17) is 4.74 Å². The van der Waals surface area contributed by atoms with E-state index in [0.717, 1.165) is 29.5 Å². The number of hydrogen-bond acceptors (Lipinski definition) is 2. The number of rotatable bonds is 4. The van der Waals surface area contributed by atoms with Gasteiger partial charge in [-0.25, -0.2) is 0 Å². The van der Waals surface area contributed by atoms with Gasteiger partial charge >= 0.3 is 0 Å². The molecule has 0 bridgehead atoms. The van der Waals surface area contributed by atoms with Gasteiger partial charge in [-0.2, -0.15) is 0 Å². The predicted octanol–water partition coefficient (Wildman–Crippen LogP) is 3.88. The Labute approximate surface area is 137 Å². The first-order valence-corrected chi connectivity index (χ1v) is 8.68. The molecule has 3 rings (SSSR count). The lowest BCUT2D eigenvalue weighted by molar-refractivity contribution is -0.122. The summed E-state index contributed by atoms with van der Waals surface area (Å²) >= 11 is 0. The van der Waals surface area contributed by atoms with Crippen LogP contribution in [0.2, 0.25) is 0 Å². The standard InChI is InChI=1S/C19H26N2O2/c1-23-17-9-10-18-15(13-17)11-12-21(18)14-19(22)20-16-7-5-3-2-4-6-8-16/h9-13,16H,2-8,14H2,1H3,(H,20,22). The van der Waals surface area contributed by atoms with Gasteiger partial charge in [0.15, 0.2) is 0 Å². The van der Waals surface area contributed by atoms with Gasteiger partial charge in [-0.15, -0.1) is 0 Å². The van der Waals surface area contributed by atoms with Crippen LogP contribution in [0.3, 0.4) is 0 Å². The van der Waals surface area contributed by atoms with Gasteiger partial charge in [0.2, 0.25) is 5.91 Å². The van der Waals surface area contributed by atoms with E-state index in [1.165, 1.54) is 32.1 Å². The minimum Gasteiger partial charge on any atom is -0.497 e. The molecule has 4 nitrogen and oxygen atoms in total. The molecule has 1 aliphatic rings. The molecule has 0 unspecified atom stereocenters. The third-order valence-corrected chi connectivity index (χ3v) is 4.76. The maximum absolute atomic E-state index is 12.4. The number of benzene rings is 1. The van der Waals surface area contributed by atoms with Crippen molar-refractivity contribution in [2.75, 3.05) is 7.11 Å². The number of methoxy groups -OCH3 is 1. The number of amides is 1. The lowest BCUT2D eigenvalue weighted by Gasteiger charge is -2.21. The number of carbonyl (C=O) groups excluding carboxylic acids is 1. The lowest BCUT2D eigenvalue weighted by atomic mass is 9.97. The number of aromatic nitrogens is 1. The lowest BCUT2D eigenvalue weighted by Crippen LogP contribution is -2.37. The maximum atomic E-state index is 12.4. The molecule has 0 spiro atoms. The molecule has 1 amide bonds. The van der Waals surface area contributed by atoms with Crippen molar-refractivity contribution in [3.8, 4) is 5.75 Å². The average molecular weight is 314 g/mol. The largest absolute Gasteiger partial charge is 0.497 e. The molecular weight excluding hydrogens is 288 g/mol. The van der Waals surface area contributed by atoms with Crippen LogP contribution < -0.4 is 10.1 Å². The number of fused-ring (bicyclic) bond motifs is 1. The molecule has 0 atom stereocenters. The van der Waals surface area contributed by atoms with Crippen molar-refractivity contribution < 1.29 is 9.53 Å². The maximum Gasteiger partial charge on any atom is 0.240 e. The molecule has 0 aliphatic heterocycles. The molecular formula is C19H26N2O2. The summed E-state index contributed by atoms with van der Waals surface area (Å²) in [5.74, 6) is 0.957. The van der Waals surface area contributed by atoms with Gasteiger partial charge in [0, 0.05) is 23.1 Å². The van der Waals surface area contributed by atoms with Crippen LogP contribution in [0.4, 0.5) is 0 Å². The van der Waals surface area contributed by atoms with Crippen molar-refractivity contribution in [1.29, 1.82) is 0 Å². The molecule has 1 heterocycles. The van der Waals surface area contributed by atoms with E-state index in [2.05, 4.69) is 5.32 Å². The van der Waals surface area contributed by atoms with E-state index in [9.17, 15) is 4.79 Å². The number of carbonyl (C=O) groups is 1. The van der Waals surface area contributed by atoms with Crippen LogP contribution in [-0.2, 0) is 11.3 Å². The molecule has 1 aliphatic carbocycles. The molecule has 23 heavy (non-hydrogen) atoms. The molecule has 1 aromatic carbocycles. The van der Waals surface area contributed by atoms with Gasteiger partial charge in [0.1, 0.15) is 12.3 Å². The molecule has 2 aromatic rings. The molecule has 4 heteroatoms. The van der Waals surface area contributed by atoms with Gasteiger partial charge < -0.3 is 14.6 Å². The second-order valence-corrected chi connectivity index (χ2v) is 6.48. The van der Waals surface area contributed by atoms with Crippen molar-refractivity contribution >= 4 is 16.8 Å². The second-order valence-electron chi connectivity index (χ2n) is 6.48. The van der Waals surface area contributed by atoms with E-state index in [1.54, 1.807) is 7.11 Å². The zero-order chi connectivity index (χ0) is 16.1. The van der Waals surface area contributed by atoms with E-state index in [1.807, 2.05) is 35.0 Å². The Balaban J connectivity index is 1.63. The summed E-state index contributed by atoms with van der Waals surface area (Å²) in [7, 11) is 1.67. The van der Waals surface area contributed by atoms with Crippen molar-refractivity contribution in [1.82, 2.24) is 9.88 Å². The minimum absolute atomic E-state index is 0.115. The van der Waals surface area contributed by atoms with Crippen molar-refractivity contribution in [3.63, 3.8) is 0 Å². The fourth-order valence-electron chi connectivity index (χ4n) is 3.47. The quantitative estimate of drug-likeness (QED) is 0.930. The molecule has 1 N–H and O–H groups in total. The van der Waals surface area contributed by atoms with Gasteiger partial charge in [-0.1, -0.05) is 32.1 Å². The summed E-state index contributed by atoms with van der Waals surface area (Å²) in [4.78, 5) is 12.4. The summed E-state index contributed by atoms with van der Waals surface area (Å²) in [6.45, 7) is 0.381. The first-order chi connectivity index (χ1) is 11.3. The highest BCUT2D eigenvalue weighted by molar-refractivity contribution is 5.84. The summed E-state index contributed by atoms with van der Waals surface area (Å²) in [6.07, 6.45) is 10.6. The van der Waals surface area contributed by atoms with Crippen LogP contribution >= 0.6 is 0 Å². The zero-order valence-corrected chi connectivity index (χ0v) is 13.9. The van der Waals surface area contributed by atoms with E-state index < -0.39 is 0 Å². The fraction of sp³-hybridized carbons (Fsp3) is 0.526. The SMILES string of the molecule is COc1ccc2c(ccn2CC(=O)NC2CCCCCCC2)c1. The first-order valence-electron chi connectivity index (χ1n) is 8.68. The number of nitrogens with one attached hydrogen (secondary N) is 1. The predicted molar refractivity (Wildman–Crippen MR) is 92.7 cm³/mol. The van der Waals surface area contributed by atoms with Crippen molar-refractivity contribution in [3.05, 3.63) is 30.5 Å². The molecule has 0 radical (unpaired) electrons. The molecule has 1 saturated carbocycles. The van der Waals surface area contributed by atoms with Crippen LogP contribution in [0, 0.1) is 0 Å². The number of nitrogens with zero attached hydrogens (tertiary/aromatic N) is 1. The number of hydrogen-bond donors (Lipinski definition) is 1. The van der Waals surface area contributed by atoms with E-state index >= 15 is 0 Å². The van der Waals surface area contributed by atoms with Gasteiger partial charge in [0.25, 0.3) is 0 Å². The first kappa shape index (κ1) is 15.9. The highest BCUT2D eigenvalue weighted by Gasteiger charge is 2.14. The zero-order valence-electron chi connectivity index (χ0n) is 13.9. The van der Waals surface area contributed by atoms with Crippen molar-refractivity contribution in [2.45, 2.75) is 57.5 Å². The minimum atomic E-state index is 0.115. The summed E-state index contributed by atoms with van der Waals surface area (Å²) < 4.78 is 7.25. The monoisotopic (exact) mass is 314 g/mol. The van der Waals surface area contributed by atoms with Crippen LogP contribution in [0.25, 0.3) is 10.9 Å². The normalized spacial score (nSPS) is 16.7. The summed E-state index contributed by atoms with van der Waals surface area (Å²) in [5.41, 5.74) is 1.07. The molecule has 1 aromatic heterocycles. The highest BCUT2D eigenvalue weighted by atomic mass is 16.5. The van der Waals surface area contributed by atoms with Crippen LogP contribution in [0.5, 0.6) is 5.75 Å². The Bertz CT molecular complexity index is 654. The third kappa shape index (κ3) is 4.06. The molecule has 0 saturated heterocycles.